The quantitative estimate of drug-likeness (QED) is 0.589. The summed E-state index contributed by atoms with van der Waals surface area (Å²) in [7, 11) is 1.64. The SMILES string of the molecule is CNC(=O)C(CC(C)C)NCc1cn(CCCO)nn1. The molecular weight excluding hydrogens is 258 g/mol. The molecule has 0 bridgehead atoms. The van der Waals surface area contributed by atoms with Crippen molar-refractivity contribution in [3.8, 4) is 0 Å². The van der Waals surface area contributed by atoms with E-state index < -0.39 is 0 Å². The number of nitrogens with one attached hydrogen (secondary N) is 2. The monoisotopic (exact) mass is 283 g/mol. The predicted octanol–water partition coefficient (Wildman–Crippen LogP) is -0.0892. The number of hydrogen-bond donors (Lipinski definition) is 3. The fourth-order valence-electron chi connectivity index (χ4n) is 1.92. The van der Waals surface area contributed by atoms with Crippen LogP contribution in [0.4, 0.5) is 0 Å². The number of likely N-dealkylation sites (N-methyl/N-ethyl adjacent to an activating group) is 1. The molecule has 1 unspecified atom stereocenters. The number of hydrogen-bond acceptors (Lipinski definition) is 5. The van der Waals surface area contributed by atoms with Crippen LogP contribution in [0.15, 0.2) is 6.20 Å². The van der Waals surface area contributed by atoms with Crippen molar-refractivity contribution >= 4 is 5.91 Å². The average Bonchev–Trinajstić information content (AvgIpc) is 2.87. The number of rotatable bonds is 9. The van der Waals surface area contributed by atoms with Crippen LogP contribution in [0.1, 0.15) is 32.4 Å². The van der Waals surface area contributed by atoms with Crippen LogP contribution < -0.4 is 10.6 Å². The molecule has 0 saturated heterocycles. The molecule has 1 amide bonds. The number of amides is 1. The lowest BCUT2D eigenvalue weighted by Crippen LogP contribution is -2.43. The summed E-state index contributed by atoms with van der Waals surface area (Å²) in [5.41, 5.74) is 0.792. The number of carbonyl (C=O) groups excluding carboxylic acids is 1. The Labute approximate surface area is 119 Å². The number of aliphatic hydroxyl groups is 1. The van der Waals surface area contributed by atoms with E-state index in [4.69, 9.17) is 5.11 Å². The highest BCUT2D eigenvalue weighted by Crippen LogP contribution is 2.06. The molecule has 1 aromatic heterocycles. The van der Waals surface area contributed by atoms with E-state index in [1.807, 2.05) is 6.20 Å². The lowest BCUT2D eigenvalue weighted by molar-refractivity contribution is -0.123. The van der Waals surface area contributed by atoms with Crippen LogP contribution in [0.2, 0.25) is 0 Å². The van der Waals surface area contributed by atoms with Crippen LogP contribution in [-0.4, -0.2) is 45.7 Å². The lowest BCUT2D eigenvalue weighted by atomic mass is 10.0. The van der Waals surface area contributed by atoms with Gasteiger partial charge in [0, 0.05) is 32.9 Å². The Hall–Kier alpha value is -1.47. The van der Waals surface area contributed by atoms with Crippen LogP contribution in [0, 0.1) is 5.92 Å². The van der Waals surface area contributed by atoms with Gasteiger partial charge in [-0.3, -0.25) is 9.48 Å². The maximum atomic E-state index is 11.8. The first-order valence-corrected chi connectivity index (χ1v) is 7.01. The van der Waals surface area contributed by atoms with Gasteiger partial charge in [-0.2, -0.15) is 0 Å². The van der Waals surface area contributed by atoms with Gasteiger partial charge in [0.05, 0.1) is 11.7 Å². The van der Waals surface area contributed by atoms with Gasteiger partial charge in [0.1, 0.15) is 0 Å². The molecule has 1 heterocycles. The van der Waals surface area contributed by atoms with Crippen molar-refractivity contribution in [2.24, 2.45) is 5.92 Å². The standard InChI is InChI=1S/C13H25N5O2/c1-10(2)7-12(13(20)14-3)15-8-11-9-18(17-16-11)5-4-6-19/h9-10,12,15,19H,4-8H2,1-3H3,(H,14,20). The molecule has 0 aliphatic heterocycles. The summed E-state index contributed by atoms with van der Waals surface area (Å²) in [5.74, 6) is 0.427. The van der Waals surface area contributed by atoms with E-state index in [1.54, 1.807) is 11.7 Å². The molecule has 0 fully saturated rings. The molecule has 1 rings (SSSR count). The van der Waals surface area contributed by atoms with E-state index in [-0.39, 0.29) is 18.6 Å². The zero-order chi connectivity index (χ0) is 15.0. The molecule has 0 radical (unpaired) electrons. The molecule has 0 aliphatic carbocycles. The number of aryl methyl sites for hydroxylation is 1. The number of aromatic nitrogens is 3. The van der Waals surface area contributed by atoms with E-state index in [9.17, 15) is 4.79 Å². The largest absolute Gasteiger partial charge is 0.396 e. The first-order chi connectivity index (χ1) is 9.56. The Kier molecular flexibility index (Phi) is 7.17. The first kappa shape index (κ1) is 16.6. The van der Waals surface area contributed by atoms with Crippen LogP contribution in [-0.2, 0) is 17.9 Å². The third-order valence-electron chi connectivity index (χ3n) is 2.93. The molecule has 0 aliphatic rings. The van der Waals surface area contributed by atoms with Crippen molar-refractivity contribution < 1.29 is 9.90 Å². The van der Waals surface area contributed by atoms with Gasteiger partial charge in [0.2, 0.25) is 5.91 Å². The fraction of sp³-hybridized carbons (Fsp3) is 0.769. The van der Waals surface area contributed by atoms with Gasteiger partial charge in [-0.15, -0.1) is 5.10 Å². The molecule has 3 N–H and O–H groups in total. The summed E-state index contributed by atoms with van der Waals surface area (Å²) < 4.78 is 1.70. The second-order valence-corrected chi connectivity index (χ2v) is 5.23. The molecule has 0 spiro atoms. The van der Waals surface area contributed by atoms with Gasteiger partial charge in [-0.05, 0) is 18.8 Å². The Morgan fingerprint density at radius 2 is 2.25 bits per heavy atom. The van der Waals surface area contributed by atoms with Crippen molar-refractivity contribution in [1.29, 1.82) is 0 Å². The minimum absolute atomic E-state index is 0.00799. The molecule has 1 aromatic rings. The summed E-state index contributed by atoms with van der Waals surface area (Å²) in [5, 5.41) is 22.7. The second-order valence-electron chi connectivity index (χ2n) is 5.23. The van der Waals surface area contributed by atoms with Crippen LogP contribution in [0.3, 0.4) is 0 Å². The summed E-state index contributed by atoms with van der Waals surface area (Å²) in [6.45, 7) is 5.46. The van der Waals surface area contributed by atoms with Gasteiger partial charge in [-0.1, -0.05) is 19.1 Å². The third-order valence-corrected chi connectivity index (χ3v) is 2.93. The highest BCUT2D eigenvalue weighted by Gasteiger charge is 2.18. The van der Waals surface area contributed by atoms with E-state index in [0.29, 0.717) is 25.4 Å². The molecule has 7 heteroatoms. The summed E-state index contributed by atoms with van der Waals surface area (Å²) in [4.78, 5) is 11.8. The van der Waals surface area contributed by atoms with Crippen LogP contribution >= 0.6 is 0 Å². The number of carbonyl (C=O) groups is 1. The van der Waals surface area contributed by atoms with Gasteiger partial charge in [0.15, 0.2) is 0 Å². The van der Waals surface area contributed by atoms with E-state index in [0.717, 1.165) is 12.1 Å². The molecule has 0 saturated carbocycles. The number of nitrogens with zero attached hydrogens (tertiary/aromatic N) is 3. The highest BCUT2D eigenvalue weighted by atomic mass is 16.3. The summed E-state index contributed by atoms with van der Waals surface area (Å²) >= 11 is 0. The van der Waals surface area contributed by atoms with Gasteiger partial charge in [0.25, 0.3) is 0 Å². The Morgan fingerprint density at radius 1 is 1.50 bits per heavy atom. The fourth-order valence-corrected chi connectivity index (χ4v) is 1.92. The normalized spacial score (nSPS) is 12.7. The molecular formula is C13H25N5O2. The predicted molar refractivity (Wildman–Crippen MR) is 75.9 cm³/mol. The van der Waals surface area contributed by atoms with Crippen molar-refractivity contribution in [3.05, 3.63) is 11.9 Å². The minimum Gasteiger partial charge on any atom is -0.396 e. The lowest BCUT2D eigenvalue weighted by Gasteiger charge is -2.18. The topological polar surface area (TPSA) is 92.1 Å². The molecule has 7 nitrogen and oxygen atoms in total. The Balaban J connectivity index is 2.49. The average molecular weight is 283 g/mol. The molecule has 0 aromatic carbocycles. The molecule has 1 atom stereocenters. The van der Waals surface area contributed by atoms with Crippen molar-refractivity contribution in [2.75, 3.05) is 13.7 Å². The van der Waals surface area contributed by atoms with Crippen molar-refractivity contribution in [3.63, 3.8) is 0 Å². The van der Waals surface area contributed by atoms with Crippen molar-refractivity contribution in [2.45, 2.75) is 45.8 Å². The van der Waals surface area contributed by atoms with E-state index >= 15 is 0 Å². The Bertz CT molecular complexity index is 405. The zero-order valence-corrected chi connectivity index (χ0v) is 12.5. The maximum absolute atomic E-state index is 11.8. The van der Waals surface area contributed by atoms with Gasteiger partial charge < -0.3 is 15.7 Å². The van der Waals surface area contributed by atoms with Crippen LogP contribution in [0.5, 0.6) is 0 Å². The smallest absolute Gasteiger partial charge is 0.236 e. The van der Waals surface area contributed by atoms with E-state index in [2.05, 4.69) is 34.8 Å². The molecule has 20 heavy (non-hydrogen) atoms. The molecule has 114 valence electrons. The zero-order valence-electron chi connectivity index (χ0n) is 12.5. The summed E-state index contributed by atoms with van der Waals surface area (Å²) in [6, 6.07) is -0.220. The summed E-state index contributed by atoms with van der Waals surface area (Å²) in [6.07, 6.45) is 3.27. The highest BCUT2D eigenvalue weighted by molar-refractivity contribution is 5.81. The third kappa shape index (κ3) is 5.66. The number of aliphatic hydroxyl groups excluding tert-OH is 1. The van der Waals surface area contributed by atoms with Gasteiger partial charge in [-0.25, -0.2) is 0 Å². The first-order valence-electron chi connectivity index (χ1n) is 7.01. The van der Waals surface area contributed by atoms with Crippen molar-refractivity contribution in [1.82, 2.24) is 25.6 Å². The maximum Gasteiger partial charge on any atom is 0.236 e. The minimum atomic E-state index is -0.220. The van der Waals surface area contributed by atoms with Crippen LogP contribution in [0.25, 0.3) is 0 Å². The van der Waals surface area contributed by atoms with Gasteiger partial charge >= 0.3 is 0 Å². The van der Waals surface area contributed by atoms with E-state index in [1.165, 1.54) is 0 Å². The Morgan fingerprint density at radius 3 is 2.85 bits per heavy atom. The second kappa shape index (κ2) is 8.65.